The van der Waals surface area contributed by atoms with Crippen LogP contribution in [-0.2, 0) is 12.0 Å². The van der Waals surface area contributed by atoms with E-state index in [4.69, 9.17) is 34.3 Å². The van der Waals surface area contributed by atoms with Crippen molar-refractivity contribution in [3.05, 3.63) is 44.9 Å². The molecule has 0 amide bonds. The molecule has 1 aromatic carbocycles. The van der Waals surface area contributed by atoms with Gasteiger partial charge in [0, 0.05) is 16.4 Å². The number of aromatic nitrogens is 1. The van der Waals surface area contributed by atoms with Crippen LogP contribution in [0.4, 0.5) is 0 Å². The van der Waals surface area contributed by atoms with Gasteiger partial charge in [-0.3, -0.25) is 0 Å². The first-order chi connectivity index (χ1) is 9.77. The van der Waals surface area contributed by atoms with Gasteiger partial charge in [-0.05, 0) is 18.2 Å². The minimum absolute atomic E-state index is 0.0465. The van der Waals surface area contributed by atoms with E-state index in [0.29, 0.717) is 22.4 Å². The van der Waals surface area contributed by atoms with Crippen molar-refractivity contribution in [2.24, 2.45) is 5.73 Å². The third-order valence-electron chi connectivity index (χ3n) is 2.89. The number of nitrogens with two attached hydrogens (primary N) is 1. The number of nitrogens with zero attached hydrogens (tertiary/aromatic N) is 1. The summed E-state index contributed by atoms with van der Waals surface area (Å²) in [7, 11) is 0. The lowest BCUT2D eigenvalue weighted by molar-refractivity contribution is 0.305. The minimum atomic E-state index is 0.0465. The van der Waals surface area contributed by atoms with Crippen LogP contribution in [-0.4, -0.2) is 9.97 Å². The second-order valence-electron chi connectivity index (χ2n) is 5.67. The number of halogens is 1. The maximum absolute atomic E-state index is 6.16. The number of rotatable bonds is 4. The Morgan fingerprint density at radius 1 is 1.43 bits per heavy atom. The quantitative estimate of drug-likeness (QED) is 0.843. The highest BCUT2D eigenvalue weighted by molar-refractivity contribution is 7.80. The second-order valence-corrected chi connectivity index (χ2v) is 7.46. The van der Waals surface area contributed by atoms with Crippen LogP contribution >= 0.6 is 35.2 Å². The number of ether oxygens (including phenoxy) is 1. The predicted molar refractivity (Wildman–Crippen MR) is 92.5 cm³/mol. The molecular weight excluding hydrogens is 324 g/mol. The summed E-state index contributed by atoms with van der Waals surface area (Å²) in [6.45, 7) is 6.81. The monoisotopic (exact) mass is 340 g/mol. The van der Waals surface area contributed by atoms with Gasteiger partial charge in [0.25, 0.3) is 0 Å². The fourth-order valence-corrected chi connectivity index (χ4v) is 2.93. The molecule has 2 rings (SSSR count). The zero-order valence-electron chi connectivity index (χ0n) is 12.1. The Morgan fingerprint density at radius 3 is 2.67 bits per heavy atom. The van der Waals surface area contributed by atoms with E-state index in [0.717, 1.165) is 16.3 Å². The van der Waals surface area contributed by atoms with Crippen LogP contribution in [0.1, 0.15) is 37.0 Å². The fourth-order valence-electron chi connectivity index (χ4n) is 1.63. The molecule has 0 aliphatic heterocycles. The molecule has 0 fully saturated rings. The zero-order chi connectivity index (χ0) is 15.6. The molecule has 6 heteroatoms. The maximum atomic E-state index is 6.16. The van der Waals surface area contributed by atoms with Crippen LogP contribution < -0.4 is 10.5 Å². The number of benzene rings is 1. The van der Waals surface area contributed by atoms with Crippen LogP contribution in [0.3, 0.4) is 0 Å². The van der Waals surface area contributed by atoms with Crippen molar-refractivity contribution in [1.29, 1.82) is 0 Å². The van der Waals surface area contributed by atoms with Gasteiger partial charge in [0.15, 0.2) is 0 Å². The average Bonchev–Trinajstić information content (AvgIpc) is 2.85. The summed E-state index contributed by atoms with van der Waals surface area (Å²) in [5, 5.41) is 3.48. The largest absolute Gasteiger partial charge is 0.485 e. The zero-order valence-corrected chi connectivity index (χ0v) is 14.5. The summed E-state index contributed by atoms with van der Waals surface area (Å²) in [5.41, 5.74) is 7.41. The lowest BCUT2D eigenvalue weighted by atomic mass is 9.93. The van der Waals surface area contributed by atoms with Crippen molar-refractivity contribution < 1.29 is 4.74 Å². The molecule has 0 radical (unpaired) electrons. The van der Waals surface area contributed by atoms with Gasteiger partial charge in [-0.2, -0.15) is 0 Å². The van der Waals surface area contributed by atoms with Gasteiger partial charge in [-0.25, -0.2) is 4.98 Å². The van der Waals surface area contributed by atoms with Gasteiger partial charge in [0.2, 0.25) is 0 Å². The Labute approximate surface area is 139 Å². The van der Waals surface area contributed by atoms with E-state index < -0.39 is 0 Å². The molecule has 21 heavy (non-hydrogen) atoms. The van der Waals surface area contributed by atoms with E-state index in [1.165, 1.54) is 0 Å². The standard InChI is InChI=1S/C15H17ClN2OS2/c1-15(2,3)12-8-21-13(18-12)7-19-11-5-4-9(14(17)20)6-10(11)16/h4-6,8H,7H2,1-3H3,(H2,17,20). The molecule has 112 valence electrons. The van der Waals surface area contributed by atoms with Gasteiger partial charge >= 0.3 is 0 Å². The van der Waals surface area contributed by atoms with Crippen molar-refractivity contribution >= 4 is 40.1 Å². The molecule has 0 atom stereocenters. The molecular formula is C15H17ClN2OS2. The van der Waals surface area contributed by atoms with Gasteiger partial charge < -0.3 is 10.5 Å². The number of thiocarbonyl (C=S) groups is 1. The molecule has 2 aromatic rings. The van der Waals surface area contributed by atoms with Crippen molar-refractivity contribution in [3.8, 4) is 5.75 Å². The van der Waals surface area contributed by atoms with Crippen molar-refractivity contribution in [3.63, 3.8) is 0 Å². The van der Waals surface area contributed by atoms with Crippen LogP contribution in [0.15, 0.2) is 23.6 Å². The Balaban J connectivity index is 2.06. The van der Waals surface area contributed by atoms with Gasteiger partial charge in [0.05, 0.1) is 10.7 Å². The SMILES string of the molecule is CC(C)(C)c1csc(COc2ccc(C(N)=S)cc2Cl)n1. The summed E-state index contributed by atoms with van der Waals surface area (Å²) < 4.78 is 5.72. The average molecular weight is 341 g/mol. The lowest BCUT2D eigenvalue weighted by Gasteiger charge is -2.14. The summed E-state index contributed by atoms with van der Waals surface area (Å²) in [6, 6.07) is 5.28. The third kappa shape index (κ3) is 4.15. The van der Waals surface area contributed by atoms with E-state index in [9.17, 15) is 0 Å². The van der Waals surface area contributed by atoms with Crippen LogP contribution in [0.25, 0.3) is 0 Å². The second kappa shape index (κ2) is 6.30. The van der Waals surface area contributed by atoms with E-state index >= 15 is 0 Å². The Hall–Kier alpha value is -1.17. The molecule has 2 N–H and O–H groups in total. The highest BCUT2D eigenvalue weighted by Crippen LogP contribution is 2.28. The van der Waals surface area contributed by atoms with Gasteiger partial charge in [0.1, 0.15) is 22.4 Å². The van der Waals surface area contributed by atoms with E-state index in [2.05, 4.69) is 31.1 Å². The van der Waals surface area contributed by atoms with E-state index in [1.807, 2.05) is 0 Å². The highest BCUT2D eigenvalue weighted by atomic mass is 35.5. The summed E-state index contributed by atoms with van der Waals surface area (Å²) >= 11 is 12.7. The van der Waals surface area contributed by atoms with Crippen LogP contribution in [0, 0.1) is 0 Å². The molecule has 0 saturated heterocycles. The maximum Gasteiger partial charge on any atom is 0.140 e. The summed E-state index contributed by atoms with van der Waals surface area (Å²) in [5.74, 6) is 0.601. The predicted octanol–water partition coefficient (Wildman–Crippen LogP) is 4.31. The smallest absolute Gasteiger partial charge is 0.140 e. The number of hydrogen-bond acceptors (Lipinski definition) is 4. The van der Waals surface area contributed by atoms with Crippen LogP contribution in [0.5, 0.6) is 5.75 Å². The molecule has 0 unspecified atom stereocenters. The first-order valence-corrected chi connectivity index (χ1v) is 8.11. The van der Waals surface area contributed by atoms with E-state index in [1.54, 1.807) is 29.5 Å². The first-order valence-electron chi connectivity index (χ1n) is 6.44. The van der Waals surface area contributed by atoms with Gasteiger partial charge in [-0.15, -0.1) is 11.3 Å². The van der Waals surface area contributed by atoms with Crippen molar-refractivity contribution in [2.75, 3.05) is 0 Å². The van der Waals surface area contributed by atoms with Gasteiger partial charge in [-0.1, -0.05) is 44.6 Å². The normalized spacial score (nSPS) is 11.4. The fraction of sp³-hybridized carbons (Fsp3) is 0.333. The molecule has 0 spiro atoms. The number of thiazole rings is 1. The molecule has 0 aliphatic carbocycles. The first kappa shape index (κ1) is 16.2. The summed E-state index contributed by atoms with van der Waals surface area (Å²) in [6.07, 6.45) is 0. The van der Waals surface area contributed by atoms with E-state index in [-0.39, 0.29) is 5.41 Å². The Bertz CT molecular complexity index is 662. The van der Waals surface area contributed by atoms with Crippen molar-refractivity contribution in [1.82, 2.24) is 4.98 Å². The molecule has 1 heterocycles. The molecule has 0 bridgehead atoms. The molecule has 0 aliphatic rings. The van der Waals surface area contributed by atoms with Crippen LogP contribution in [0.2, 0.25) is 5.02 Å². The molecule has 0 saturated carbocycles. The molecule has 1 aromatic heterocycles. The Morgan fingerprint density at radius 2 is 2.14 bits per heavy atom. The third-order valence-corrected chi connectivity index (χ3v) is 4.24. The number of hydrogen-bond donors (Lipinski definition) is 1. The van der Waals surface area contributed by atoms with Crippen molar-refractivity contribution in [2.45, 2.75) is 32.8 Å². The Kier molecular flexibility index (Phi) is 4.86. The lowest BCUT2D eigenvalue weighted by Crippen LogP contribution is -2.11. The summed E-state index contributed by atoms with van der Waals surface area (Å²) in [4.78, 5) is 4.90. The minimum Gasteiger partial charge on any atom is -0.485 e. The topological polar surface area (TPSA) is 48.1 Å². The highest BCUT2D eigenvalue weighted by Gasteiger charge is 2.17. The molecule has 3 nitrogen and oxygen atoms in total.